The summed E-state index contributed by atoms with van der Waals surface area (Å²) in [6, 6.07) is 11.9. The van der Waals surface area contributed by atoms with Gasteiger partial charge in [-0.15, -0.1) is 0 Å². The minimum absolute atomic E-state index is 0.146. The third-order valence-corrected chi connectivity index (χ3v) is 5.24. The van der Waals surface area contributed by atoms with Crippen LogP contribution in [0.2, 0.25) is 0 Å². The second-order valence-electron chi connectivity index (χ2n) is 7.76. The van der Waals surface area contributed by atoms with Gasteiger partial charge >= 0.3 is 12.1 Å². The lowest BCUT2D eigenvalue weighted by Crippen LogP contribution is -2.42. The number of benzene rings is 1. The van der Waals surface area contributed by atoms with E-state index in [2.05, 4.69) is 15.2 Å². The fraction of sp³-hybridized carbons (Fsp3) is 0.381. The Morgan fingerprint density at radius 1 is 1.26 bits per heavy atom. The fourth-order valence-electron chi connectivity index (χ4n) is 3.75. The first-order valence-corrected chi connectivity index (χ1v) is 9.51. The van der Waals surface area contributed by atoms with Crippen molar-refractivity contribution in [3.63, 3.8) is 0 Å². The molecule has 0 radical (unpaired) electrons. The summed E-state index contributed by atoms with van der Waals surface area (Å²) in [7, 11) is 0. The number of aliphatic carboxylic acids is 1. The van der Waals surface area contributed by atoms with E-state index in [0.29, 0.717) is 11.5 Å². The first kappa shape index (κ1) is 22.7. The predicted molar refractivity (Wildman–Crippen MR) is 103 cm³/mol. The van der Waals surface area contributed by atoms with Crippen molar-refractivity contribution in [3.05, 3.63) is 65.2 Å². The van der Waals surface area contributed by atoms with Crippen LogP contribution in [-0.2, 0) is 11.3 Å². The number of alkyl halides is 3. The van der Waals surface area contributed by atoms with Crippen LogP contribution in [0.15, 0.2) is 42.5 Å². The Kier molecular flexibility index (Phi) is 6.30. The number of carboxylic acids is 1. The highest BCUT2D eigenvalue weighted by molar-refractivity contribution is 5.95. The lowest BCUT2D eigenvalue weighted by molar-refractivity contribution is -0.192. The smallest absolute Gasteiger partial charge is 0.475 e. The van der Waals surface area contributed by atoms with Crippen LogP contribution in [0.3, 0.4) is 0 Å². The summed E-state index contributed by atoms with van der Waals surface area (Å²) in [5.74, 6) is -2.84. The van der Waals surface area contributed by atoms with Gasteiger partial charge in [-0.1, -0.05) is 12.1 Å². The molecule has 2 atom stereocenters. The number of nitrogens with one attached hydrogen (secondary N) is 1. The minimum atomic E-state index is -5.08. The molecule has 1 amide bonds. The van der Waals surface area contributed by atoms with Gasteiger partial charge in [0, 0.05) is 30.9 Å². The van der Waals surface area contributed by atoms with Gasteiger partial charge < -0.3 is 10.4 Å². The van der Waals surface area contributed by atoms with Crippen molar-refractivity contribution >= 4 is 11.9 Å². The highest BCUT2D eigenvalue weighted by Gasteiger charge is 2.60. The summed E-state index contributed by atoms with van der Waals surface area (Å²) in [6.45, 7) is 4.59. The van der Waals surface area contributed by atoms with Crippen LogP contribution in [-0.4, -0.2) is 51.7 Å². The van der Waals surface area contributed by atoms with E-state index < -0.39 is 12.1 Å². The van der Waals surface area contributed by atoms with E-state index in [9.17, 15) is 22.4 Å². The topological polar surface area (TPSA) is 82.5 Å². The van der Waals surface area contributed by atoms with Gasteiger partial charge in [-0.3, -0.25) is 14.7 Å². The SMILES string of the molecule is Cc1cccc(CN2CC3C[C@]3(NC(=O)c3cccc(F)c3)C2)n1.O=C(O)C(F)(F)F. The molecule has 0 spiro atoms. The number of carbonyl (C=O) groups is 2. The molecule has 10 heteroatoms. The summed E-state index contributed by atoms with van der Waals surface area (Å²) >= 11 is 0. The summed E-state index contributed by atoms with van der Waals surface area (Å²) in [4.78, 5) is 28.2. The third-order valence-electron chi connectivity index (χ3n) is 5.24. The average Bonchev–Trinajstić information content (AvgIpc) is 3.21. The predicted octanol–water partition coefficient (Wildman–Crippen LogP) is 3.17. The molecule has 1 aliphatic carbocycles. The van der Waals surface area contributed by atoms with E-state index in [4.69, 9.17) is 9.90 Å². The molecule has 1 unspecified atom stereocenters. The largest absolute Gasteiger partial charge is 0.490 e. The van der Waals surface area contributed by atoms with Gasteiger partial charge in [0.15, 0.2) is 0 Å². The van der Waals surface area contributed by atoms with Crippen LogP contribution in [0, 0.1) is 18.7 Å². The van der Waals surface area contributed by atoms with Crippen molar-refractivity contribution in [1.29, 1.82) is 0 Å². The van der Waals surface area contributed by atoms with Crippen molar-refractivity contribution in [3.8, 4) is 0 Å². The zero-order valence-corrected chi connectivity index (χ0v) is 16.6. The van der Waals surface area contributed by atoms with Gasteiger partial charge in [-0.25, -0.2) is 9.18 Å². The van der Waals surface area contributed by atoms with E-state index >= 15 is 0 Å². The Balaban J connectivity index is 0.000000339. The highest BCUT2D eigenvalue weighted by atomic mass is 19.4. The maximum atomic E-state index is 13.3. The molecule has 1 aliphatic heterocycles. The van der Waals surface area contributed by atoms with Gasteiger partial charge in [0.1, 0.15) is 5.82 Å². The number of amides is 1. The van der Waals surface area contributed by atoms with Crippen molar-refractivity contribution in [2.75, 3.05) is 13.1 Å². The van der Waals surface area contributed by atoms with Crippen LogP contribution >= 0.6 is 0 Å². The highest BCUT2D eigenvalue weighted by Crippen LogP contribution is 2.49. The first-order chi connectivity index (χ1) is 14.5. The number of halogens is 4. The third kappa shape index (κ3) is 5.78. The number of aryl methyl sites for hydroxylation is 1. The average molecular weight is 439 g/mol. The molecule has 1 aromatic carbocycles. The number of fused-ring (bicyclic) bond motifs is 1. The van der Waals surface area contributed by atoms with Crippen molar-refractivity contribution in [2.45, 2.75) is 31.6 Å². The second-order valence-corrected chi connectivity index (χ2v) is 7.76. The van der Waals surface area contributed by atoms with E-state index in [-0.39, 0.29) is 17.3 Å². The molecule has 2 heterocycles. The van der Waals surface area contributed by atoms with E-state index in [1.807, 2.05) is 25.1 Å². The van der Waals surface area contributed by atoms with Crippen LogP contribution in [0.5, 0.6) is 0 Å². The van der Waals surface area contributed by atoms with Crippen LogP contribution in [0.4, 0.5) is 17.6 Å². The second kappa shape index (κ2) is 8.62. The Bertz CT molecular complexity index is 982. The molecule has 4 rings (SSSR count). The molecule has 2 N–H and O–H groups in total. The minimum Gasteiger partial charge on any atom is -0.475 e. The lowest BCUT2D eigenvalue weighted by Gasteiger charge is -2.21. The van der Waals surface area contributed by atoms with Gasteiger partial charge in [-0.05, 0) is 49.6 Å². The van der Waals surface area contributed by atoms with Crippen molar-refractivity contribution in [1.82, 2.24) is 15.2 Å². The van der Waals surface area contributed by atoms with Gasteiger partial charge in [0.05, 0.1) is 11.2 Å². The summed E-state index contributed by atoms with van der Waals surface area (Å²) in [5, 5.41) is 10.3. The molecular formula is C21H21F4N3O3. The van der Waals surface area contributed by atoms with Crippen molar-refractivity contribution in [2.24, 2.45) is 5.92 Å². The zero-order valence-electron chi connectivity index (χ0n) is 16.6. The van der Waals surface area contributed by atoms with E-state index in [0.717, 1.165) is 37.4 Å². The molecule has 1 saturated heterocycles. The summed E-state index contributed by atoms with van der Waals surface area (Å²) in [6.07, 6.45) is -4.08. The fourth-order valence-corrected chi connectivity index (χ4v) is 3.75. The molecule has 2 aromatic rings. The molecule has 1 aromatic heterocycles. The number of rotatable bonds is 4. The monoisotopic (exact) mass is 439 g/mol. The molecule has 2 fully saturated rings. The molecule has 31 heavy (non-hydrogen) atoms. The quantitative estimate of drug-likeness (QED) is 0.716. The zero-order chi connectivity index (χ0) is 22.8. The number of carbonyl (C=O) groups excluding carboxylic acids is 1. The number of likely N-dealkylation sites (tertiary alicyclic amines) is 1. The van der Waals surface area contributed by atoms with Gasteiger partial charge in [-0.2, -0.15) is 13.2 Å². The standard InChI is InChI=1S/C19H20FN3O.C2HF3O2/c1-13-4-2-7-17(21-13)11-23-10-15-9-19(15,12-23)22-18(24)14-5-3-6-16(20)8-14;3-2(4,5)1(6)7/h2-8,15H,9-12H2,1H3,(H,22,24);(H,6,7)/t15?,19-;/m0./s1. The maximum absolute atomic E-state index is 13.3. The Labute approximate surface area is 175 Å². The summed E-state index contributed by atoms with van der Waals surface area (Å²) < 4.78 is 45.0. The molecule has 0 bridgehead atoms. The number of piperidine rings is 1. The van der Waals surface area contributed by atoms with Crippen LogP contribution in [0.25, 0.3) is 0 Å². The Hall–Kier alpha value is -3.01. The molecule has 6 nitrogen and oxygen atoms in total. The maximum Gasteiger partial charge on any atom is 0.490 e. The Morgan fingerprint density at radius 3 is 2.55 bits per heavy atom. The van der Waals surface area contributed by atoms with Gasteiger partial charge in [0.2, 0.25) is 0 Å². The molecule has 2 aliphatic rings. The van der Waals surface area contributed by atoms with Gasteiger partial charge in [0.25, 0.3) is 5.91 Å². The van der Waals surface area contributed by atoms with E-state index in [1.54, 1.807) is 12.1 Å². The molecule has 1 saturated carbocycles. The lowest BCUT2D eigenvalue weighted by atomic mass is 10.1. The Morgan fingerprint density at radius 2 is 1.94 bits per heavy atom. The number of aromatic nitrogens is 1. The number of pyridine rings is 1. The number of hydrogen-bond acceptors (Lipinski definition) is 4. The molecular weight excluding hydrogens is 418 g/mol. The summed E-state index contributed by atoms with van der Waals surface area (Å²) in [5.41, 5.74) is 2.32. The first-order valence-electron chi connectivity index (χ1n) is 9.51. The van der Waals surface area contributed by atoms with E-state index in [1.165, 1.54) is 12.1 Å². The molecule has 166 valence electrons. The van der Waals surface area contributed by atoms with Crippen LogP contribution < -0.4 is 5.32 Å². The number of carboxylic acid groups (broad SMARTS) is 1. The number of nitrogens with zero attached hydrogens (tertiary/aromatic N) is 2. The van der Waals surface area contributed by atoms with Crippen molar-refractivity contribution < 1.29 is 32.3 Å². The van der Waals surface area contributed by atoms with Crippen LogP contribution in [0.1, 0.15) is 28.2 Å². The number of hydrogen-bond donors (Lipinski definition) is 2. The normalized spacial score (nSPS) is 22.2.